The minimum atomic E-state index is -0.616. The van der Waals surface area contributed by atoms with Crippen molar-refractivity contribution in [3.8, 4) is 11.4 Å². The number of hydrogen-bond donors (Lipinski definition) is 2. The summed E-state index contributed by atoms with van der Waals surface area (Å²) in [5.74, 6) is -0.941. The Morgan fingerprint density at radius 2 is 2.32 bits per heavy atom. The van der Waals surface area contributed by atoms with Gasteiger partial charge in [0.25, 0.3) is 0 Å². The van der Waals surface area contributed by atoms with Crippen LogP contribution in [0.2, 0.25) is 0 Å². The van der Waals surface area contributed by atoms with Gasteiger partial charge in [0.15, 0.2) is 0 Å². The Labute approximate surface area is 150 Å². The van der Waals surface area contributed by atoms with E-state index in [-0.39, 0.29) is 10.4 Å². The van der Waals surface area contributed by atoms with Crippen LogP contribution in [0.25, 0.3) is 22.3 Å². The Hall–Kier alpha value is -2.26. The van der Waals surface area contributed by atoms with Crippen LogP contribution < -0.4 is 0 Å². The Balaban J connectivity index is 1.96. The maximum Gasteiger partial charge on any atom is 0.248 e. The minimum Gasteiger partial charge on any atom is -0.387 e. The number of hydrogen-bond acceptors (Lipinski definition) is 4. The molecule has 0 unspecified atom stereocenters. The molecule has 4 heterocycles. The summed E-state index contributed by atoms with van der Waals surface area (Å²) in [7, 11) is 1.78. The third-order valence-electron chi connectivity index (χ3n) is 4.46. The van der Waals surface area contributed by atoms with Gasteiger partial charge in [-0.15, -0.1) is 0 Å². The zero-order chi connectivity index (χ0) is 17.7. The third-order valence-corrected chi connectivity index (χ3v) is 5.19. The molecule has 9 heteroatoms. The first kappa shape index (κ1) is 16.2. The summed E-state index contributed by atoms with van der Waals surface area (Å²) in [6, 6.07) is 1.77. The number of carbonyl (C=O) groups excluding carboxylic acids is 1. The van der Waals surface area contributed by atoms with E-state index in [2.05, 4.69) is 31.0 Å². The van der Waals surface area contributed by atoms with Crippen LogP contribution in [0.5, 0.6) is 0 Å². The van der Waals surface area contributed by atoms with Gasteiger partial charge in [0.2, 0.25) is 11.9 Å². The van der Waals surface area contributed by atoms with Gasteiger partial charge in [-0.25, -0.2) is 4.98 Å². The third kappa shape index (κ3) is 2.54. The zero-order valence-corrected chi connectivity index (χ0v) is 15.0. The van der Waals surface area contributed by atoms with Crippen LogP contribution in [0.4, 0.5) is 4.39 Å². The van der Waals surface area contributed by atoms with Crippen molar-refractivity contribution in [1.82, 2.24) is 24.6 Å². The number of aromatic nitrogens is 4. The van der Waals surface area contributed by atoms with Crippen molar-refractivity contribution in [2.45, 2.75) is 13.0 Å². The minimum absolute atomic E-state index is 0.261. The lowest BCUT2D eigenvalue weighted by Gasteiger charge is -2.26. The van der Waals surface area contributed by atoms with Crippen molar-refractivity contribution in [2.75, 3.05) is 13.2 Å². The number of aromatic amines is 1. The molecule has 1 aliphatic heterocycles. The zero-order valence-electron chi connectivity index (χ0n) is 13.4. The van der Waals surface area contributed by atoms with E-state index in [1.165, 1.54) is 0 Å². The summed E-state index contributed by atoms with van der Waals surface area (Å²) in [4.78, 5) is 20.8. The molecule has 0 radical (unpaired) electrons. The molecule has 2 N–H and O–H groups in total. The summed E-state index contributed by atoms with van der Waals surface area (Å²) < 4.78 is 16.2. The van der Waals surface area contributed by atoms with Gasteiger partial charge in [-0.3, -0.25) is 9.48 Å². The second kappa shape index (κ2) is 5.92. The maximum absolute atomic E-state index is 14.3. The van der Waals surface area contributed by atoms with E-state index in [4.69, 9.17) is 5.11 Å². The molecule has 0 atom stereocenters. The molecule has 1 amide bonds. The fourth-order valence-electron chi connectivity index (χ4n) is 3.27. The highest BCUT2D eigenvalue weighted by Crippen LogP contribution is 2.38. The van der Waals surface area contributed by atoms with E-state index in [0.717, 1.165) is 16.6 Å². The first-order valence-corrected chi connectivity index (χ1v) is 8.56. The van der Waals surface area contributed by atoms with E-state index in [1.807, 2.05) is 0 Å². The second-order valence-electron chi connectivity index (χ2n) is 6.00. The van der Waals surface area contributed by atoms with E-state index in [9.17, 15) is 9.18 Å². The van der Waals surface area contributed by atoms with Crippen molar-refractivity contribution in [3.05, 3.63) is 33.9 Å². The van der Waals surface area contributed by atoms with Gasteiger partial charge in [0.05, 0.1) is 9.99 Å². The first-order chi connectivity index (χ1) is 12.0. The normalized spacial score (nSPS) is 14.2. The number of aryl methyl sites for hydroxylation is 1. The van der Waals surface area contributed by atoms with Crippen molar-refractivity contribution >= 4 is 32.7 Å². The molecular weight excluding hydrogens is 393 g/mol. The molecular formula is C16H15BrFN5O2. The molecule has 0 fully saturated rings. The van der Waals surface area contributed by atoms with Crippen LogP contribution in [0.15, 0.2) is 16.7 Å². The molecule has 0 bridgehead atoms. The summed E-state index contributed by atoms with van der Waals surface area (Å²) in [6.45, 7) is 0.321. The Morgan fingerprint density at radius 3 is 3.00 bits per heavy atom. The van der Waals surface area contributed by atoms with Crippen LogP contribution in [0.3, 0.4) is 0 Å². The summed E-state index contributed by atoms with van der Waals surface area (Å²) in [5, 5.41) is 14.2. The Kier molecular flexibility index (Phi) is 3.84. The van der Waals surface area contributed by atoms with Gasteiger partial charge in [-0.1, -0.05) is 0 Å². The van der Waals surface area contributed by atoms with Crippen molar-refractivity contribution in [2.24, 2.45) is 7.05 Å². The molecule has 0 spiro atoms. The number of aliphatic hydroxyl groups excluding tert-OH is 1. The number of amides is 1. The molecule has 0 aliphatic carbocycles. The highest BCUT2D eigenvalue weighted by atomic mass is 79.9. The number of aliphatic hydroxyl groups is 1. The highest BCUT2D eigenvalue weighted by molar-refractivity contribution is 9.10. The van der Waals surface area contributed by atoms with Gasteiger partial charge in [-0.05, 0) is 22.0 Å². The number of H-pyrrole nitrogens is 1. The second-order valence-corrected chi connectivity index (χ2v) is 6.79. The lowest BCUT2D eigenvalue weighted by Crippen LogP contribution is -2.37. The molecule has 0 saturated heterocycles. The molecule has 25 heavy (non-hydrogen) atoms. The smallest absolute Gasteiger partial charge is 0.248 e. The van der Waals surface area contributed by atoms with E-state index in [1.54, 1.807) is 28.9 Å². The molecule has 3 aromatic heterocycles. The number of rotatable bonds is 2. The lowest BCUT2D eigenvalue weighted by atomic mass is 10.0. The number of nitrogens with one attached hydrogen (secondary N) is 1. The molecule has 3 aromatic rings. The number of fused-ring (bicyclic) bond motifs is 3. The molecule has 130 valence electrons. The highest BCUT2D eigenvalue weighted by Gasteiger charge is 2.28. The van der Waals surface area contributed by atoms with E-state index >= 15 is 0 Å². The monoisotopic (exact) mass is 407 g/mol. The van der Waals surface area contributed by atoms with Gasteiger partial charge in [0.1, 0.15) is 18.0 Å². The summed E-state index contributed by atoms with van der Waals surface area (Å²) in [5.41, 5.74) is 3.44. The van der Waals surface area contributed by atoms with Crippen molar-refractivity contribution < 1.29 is 14.3 Å². The molecule has 7 nitrogen and oxygen atoms in total. The standard InChI is InChI=1S/C16H15BrFN5O2/c1-22-4-2-10(21-22)14-12-8-6-23(11(25)7-24)5-3-9(8)19-15(12)13(17)16(18)20-14/h2,4,19,24H,3,5-7H2,1H3. The van der Waals surface area contributed by atoms with E-state index in [0.29, 0.717) is 36.4 Å². The van der Waals surface area contributed by atoms with Gasteiger partial charge in [-0.2, -0.15) is 9.49 Å². The molecule has 0 saturated carbocycles. The topological polar surface area (TPSA) is 87.0 Å². The largest absolute Gasteiger partial charge is 0.387 e. The van der Waals surface area contributed by atoms with Gasteiger partial charge < -0.3 is 15.0 Å². The number of halogens is 2. The Bertz CT molecular complexity index is 996. The first-order valence-electron chi connectivity index (χ1n) is 7.76. The van der Waals surface area contributed by atoms with Crippen LogP contribution in [-0.2, 0) is 24.8 Å². The fraction of sp³-hybridized carbons (Fsp3) is 0.312. The molecule has 0 aromatic carbocycles. The Morgan fingerprint density at radius 1 is 1.52 bits per heavy atom. The van der Waals surface area contributed by atoms with Gasteiger partial charge in [0, 0.05) is 49.4 Å². The fourth-order valence-corrected chi connectivity index (χ4v) is 3.65. The van der Waals surface area contributed by atoms with Crippen LogP contribution in [0.1, 0.15) is 11.3 Å². The summed E-state index contributed by atoms with van der Waals surface area (Å²) >= 11 is 3.26. The molecule has 4 rings (SSSR count). The van der Waals surface area contributed by atoms with E-state index < -0.39 is 12.6 Å². The lowest BCUT2D eigenvalue weighted by molar-refractivity contribution is -0.135. The van der Waals surface area contributed by atoms with Gasteiger partial charge >= 0.3 is 0 Å². The van der Waals surface area contributed by atoms with Crippen molar-refractivity contribution in [1.29, 1.82) is 0 Å². The number of carbonyl (C=O) groups is 1. The van der Waals surface area contributed by atoms with Crippen LogP contribution in [0, 0.1) is 5.95 Å². The van der Waals surface area contributed by atoms with Crippen LogP contribution >= 0.6 is 15.9 Å². The van der Waals surface area contributed by atoms with Crippen molar-refractivity contribution in [3.63, 3.8) is 0 Å². The summed E-state index contributed by atoms with van der Waals surface area (Å²) in [6.07, 6.45) is 2.37. The average molecular weight is 408 g/mol. The predicted octanol–water partition coefficient (Wildman–Crippen LogP) is 1.74. The SMILES string of the molecule is Cn1ccc(-c2nc(F)c(Br)c3[nH]c4c(c23)CN(C(=O)CO)CC4)n1. The maximum atomic E-state index is 14.3. The quantitative estimate of drug-likeness (QED) is 0.633. The van der Waals surface area contributed by atoms with Crippen LogP contribution in [-0.4, -0.2) is 48.8 Å². The predicted molar refractivity (Wildman–Crippen MR) is 92.2 cm³/mol. The number of pyridine rings is 1. The number of nitrogens with zero attached hydrogens (tertiary/aromatic N) is 4. The average Bonchev–Trinajstić information content (AvgIpc) is 3.20. The molecule has 1 aliphatic rings.